The predicted octanol–water partition coefficient (Wildman–Crippen LogP) is 4.86. The maximum Gasteiger partial charge on any atom is 0.335 e. The summed E-state index contributed by atoms with van der Waals surface area (Å²) in [7, 11) is 1.63. The number of benzene rings is 2. The van der Waals surface area contributed by atoms with E-state index >= 15 is 0 Å². The normalized spacial score (nSPS) is 10.6. The fraction of sp³-hybridized carbons (Fsp3) is 0.250. The number of hydrogen-bond acceptors (Lipinski definition) is 8. The molecule has 34 heavy (non-hydrogen) atoms. The van der Waals surface area contributed by atoms with E-state index in [0.717, 1.165) is 11.3 Å². The molecule has 1 aromatic heterocycles. The first kappa shape index (κ1) is 24.8. The highest BCUT2D eigenvalue weighted by atomic mass is 32.2. The van der Waals surface area contributed by atoms with Gasteiger partial charge in [-0.05, 0) is 61.7 Å². The van der Waals surface area contributed by atoms with Crippen molar-refractivity contribution in [1.82, 2.24) is 9.97 Å². The number of hydrogen-bond donors (Lipinski definition) is 5. The molecule has 0 aliphatic heterocycles. The van der Waals surface area contributed by atoms with Crippen molar-refractivity contribution in [2.45, 2.75) is 31.6 Å². The first-order valence-electron chi connectivity index (χ1n) is 10.8. The van der Waals surface area contributed by atoms with Gasteiger partial charge in [0.05, 0.1) is 23.4 Å². The zero-order chi connectivity index (χ0) is 24.7. The Bertz CT molecular complexity index is 1260. The van der Waals surface area contributed by atoms with Crippen molar-refractivity contribution < 1.29 is 14.6 Å². The number of carboxylic acid groups (broad SMARTS) is 1. The molecule has 3 rings (SSSR count). The molecule has 1 heterocycles. The number of nitrogens with zero attached hydrogens (tertiary/aromatic N) is 1. The van der Waals surface area contributed by atoms with E-state index in [2.05, 4.69) is 20.0 Å². The van der Waals surface area contributed by atoms with Crippen LogP contribution in [0.4, 0.5) is 11.4 Å². The summed E-state index contributed by atoms with van der Waals surface area (Å²) in [5.74, 6) is -0.145. The third kappa shape index (κ3) is 5.76. The van der Waals surface area contributed by atoms with Gasteiger partial charge in [-0.2, -0.15) is 0 Å². The van der Waals surface area contributed by atoms with Crippen LogP contribution in [0.3, 0.4) is 0 Å². The lowest BCUT2D eigenvalue weighted by Crippen LogP contribution is -2.20. The molecular weight excluding hydrogens is 454 g/mol. The lowest BCUT2D eigenvalue weighted by molar-refractivity contribution is 0.0697. The van der Waals surface area contributed by atoms with Crippen LogP contribution in [0, 0.1) is 5.41 Å². The number of anilines is 2. The van der Waals surface area contributed by atoms with E-state index in [0.29, 0.717) is 41.5 Å². The van der Waals surface area contributed by atoms with Gasteiger partial charge >= 0.3 is 5.97 Å². The molecule has 0 atom stereocenters. The lowest BCUT2D eigenvalue weighted by atomic mass is 10.1. The molecule has 0 saturated carbocycles. The highest BCUT2D eigenvalue weighted by molar-refractivity contribution is 8.00. The lowest BCUT2D eigenvalue weighted by Gasteiger charge is -2.15. The number of nitrogens with one attached hydrogen (secondary N) is 4. The predicted molar refractivity (Wildman–Crippen MR) is 136 cm³/mol. The van der Waals surface area contributed by atoms with Crippen molar-refractivity contribution in [2.24, 2.45) is 0 Å². The number of rotatable bonds is 11. The smallest absolute Gasteiger partial charge is 0.335 e. The van der Waals surface area contributed by atoms with Gasteiger partial charge in [0.2, 0.25) is 0 Å². The monoisotopic (exact) mass is 481 g/mol. The highest BCUT2D eigenvalue weighted by Crippen LogP contribution is 2.33. The maximum absolute atomic E-state index is 12.8. The Balaban J connectivity index is 2.00. The van der Waals surface area contributed by atoms with Crippen molar-refractivity contribution in [3.8, 4) is 17.1 Å². The quantitative estimate of drug-likeness (QED) is 0.193. The summed E-state index contributed by atoms with van der Waals surface area (Å²) >= 11 is 1.29. The number of aromatic nitrogens is 2. The molecule has 3 aromatic rings. The molecule has 0 bridgehead atoms. The summed E-state index contributed by atoms with van der Waals surface area (Å²) in [5.41, 5.74) is 1.89. The van der Waals surface area contributed by atoms with Crippen molar-refractivity contribution in [3.05, 3.63) is 64.1 Å². The van der Waals surface area contributed by atoms with Crippen LogP contribution in [0.15, 0.2) is 52.2 Å². The van der Waals surface area contributed by atoms with E-state index in [1.165, 1.54) is 18.0 Å². The number of carbonyl (C=O) groups is 1. The Labute approximate surface area is 201 Å². The van der Waals surface area contributed by atoms with Crippen LogP contribution in [-0.4, -0.2) is 40.4 Å². The Kier molecular flexibility index (Phi) is 8.31. The number of aromatic carboxylic acids is 1. The Morgan fingerprint density at radius 1 is 1.24 bits per heavy atom. The number of ether oxygens (including phenoxy) is 1. The third-order valence-electron chi connectivity index (χ3n) is 4.86. The fourth-order valence-corrected chi connectivity index (χ4v) is 3.97. The Morgan fingerprint density at radius 3 is 2.71 bits per heavy atom. The second kappa shape index (κ2) is 11.4. The van der Waals surface area contributed by atoms with Crippen LogP contribution in [0.25, 0.3) is 11.4 Å². The third-order valence-corrected chi connectivity index (χ3v) is 5.68. The maximum atomic E-state index is 12.8. The molecule has 5 N–H and O–H groups in total. The van der Waals surface area contributed by atoms with Crippen molar-refractivity contribution in [3.63, 3.8) is 0 Å². The molecule has 0 unspecified atom stereocenters. The summed E-state index contributed by atoms with van der Waals surface area (Å²) in [6, 6.07) is 12.0. The largest absolute Gasteiger partial charge is 0.493 e. The highest BCUT2D eigenvalue weighted by Gasteiger charge is 2.18. The Hall–Kier alpha value is -3.79. The van der Waals surface area contributed by atoms with E-state index in [1.807, 2.05) is 26.0 Å². The van der Waals surface area contributed by atoms with Gasteiger partial charge in [0.15, 0.2) is 0 Å². The minimum absolute atomic E-state index is 0.187. The average Bonchev–Trinajstić information content (AvgIpc) is 2.83. The van der Waals surface area contributed by atoms with E-state index < -0.39 is 5.97 Å². The SMILES string of the molecule is CCCC(=N)c1nc(-c2cc(SNc3cccc(C(=O)O)c3)ccc2OCC)[nH]c(=O)c1NC. The van der Waals surface area contributed by atoms with Gasteiger partial charge in [-0.3, -0.25) is 4.79 Å². The van der Waals surface area contributed by atoms with Crippen LogP contribution in [0.5, 0.6) is 5.75 Å². The molecule has 0 radical (unpaired) electrons. The molecule has 10 heteroatoms. The molecule has 0 saturated heterocycles. The summed E-state index contributed by atoms with van der Waals surface area (Å²) < 4.78 is 8.91. The summed E-state index contributed by atoms with van der Waals surface area (Å²) in [4.78, 5) is 32.2. The molecular formula is C24H27N5O4S. The van der Waals surface area contributed by atoms with Crippen LogP contribution >= 0.6 is 11.9 Å². The Morgan fingerprint density at radius 2 is 2.03 bits per heavy atom. The number of H-pyrrole nitrogens is 1. The topological polar surface area (TPSA) is 140 Å². The second-order valence-electron chi connectivity index (χ2n) is 7.30. The number of aromatic amines is 1. The zero-order valence-corrected chi connectivity index (χ0v) is 20.0. The minimum Gasteiger partial charge on any atom is -0.493 e. The summed E-state index contributed by atoms with van der Waals surface area (Å²) in [5, 5.41) is 20.4. The van der Waals surface area contributed by atoms with Crippen molar-refractivity contribution in [2.75, 3.05) is 23.7 Å². The first-order valence-corrected chi connectivity index (χ1v) is 11.6. The minimum atomic E-state index is -0.999. The van der Waals surface area contributed by atoms with Gasteiger partial charge in [0.1, 0.15) is 23.0 Å². The molecule has 0 aliphatic carbocycles. The van der Waals surface area contributed by atoms with Gasteiger partial charge in [0, 0.05) is 17.6 Å². The summed E-state index contributed by atoms with van der Waals surface area (Å²) in [6.07, 6.45) is 1.26. The molecule has 2 aromatic carbocycles. The van der Waals surface area contributed by atoms with Gasteiger partial charge in [-0.25, -0.2) is 9.78 Å². The van der Waals surface area contributed by atoms with E-state index in [9.17, 15) is 14.7 Å². The second-order valence-corrected chi connectivity index (χ2v) is 8.18. The van der Waals surface area contributed by atoms with Crippen molar-refractivity contribution in [1.29, 1.82) is 5.41 Å². The molecule has 0 amide bonds. The zero-order valence-electron chi connectivity index (χ0n) is 19.2. The average molecular weight is 482 g/mol. The standard InChI is InChI=1S/C24H27N5O4S/c1-4-7-18(25)20-21(26-3)23(30)28-22(27-20)17-13-16(10-11-19(17)33-5-2)34-29-15-9-6-8-14(12-15)24(31)32/h6,8-13,25-26,29H,4-5,7H2,1-3H3,(H,31,32)(H,27,28,30). The summed E-state index contributed by atoms with van der Waals surface area (Å²) in [6.45, 7) is 4.26. The van der Waals surface area contributed by atoms with Crippen LogP contribution < -0.4 is 20.3 Å². The van der Waals surface area contributed by atoms with Crippen molar-refractivity contribution >= 4 is 35.0 Å². The van der Waals surface area contributed by atoms with Crippen LogP contribution in [0.1, 0.15) is 42.7 Å². The number of carboxylic acids is 1. The van der Waals surface area contributed by atoms with E-state index in [1.54, 1.807) is 31.3 Å². The molecule has 0 aliphatic rings. The van der Waals surface area contributed by atoms with Gasteiger partial charge in [-0.15, -0.1) is 0 Å². The van der Waals surface area contributed by atoms with Crippen LogP contribution in [0.2, 0.25) is 0 Å². The van der Waals surface area contributed by atoms with Crippen LogP contribution in [-0.2, 0) is 0 Å². The van der Waals surface area contributed by atoms with E-state index in [4.69, 9.17) is 10.1 Å². The fourth-order valence-electron chi connectivity index (χ4n) is 3.29. The van der Waals surface area contributed by atoms with Gasteiger partial charge in [0.25, 0.3) is 5.56 Å². The molecule has 0 fully saturated rings. The van der Waals surface area contributed by atoms with Gasteiger partial charge < -0.3 is 30.3 Å². The first-order chi connectivity index (χ1) is 16.4. The molecule has 0 spiro atoms. The van der Waals surface area contributed by atoms with E-state index in [-0.39, 0.29) is 22.5 Å². The molecule has 178 valence electrons. The van der Waals surface area contributed by atoms with Gasteiger partial charge in [-0.1, -0.05) is 19.4 Å². The molecule has 9 nitrogen and oxygen atoms in total.